The van der Waals surface area contributed by atoms with Crippen molar-refractivity contribution >= 4 is 17.4 Å². The Morgan fingerprint density at radius 2 is 2.07 bits per heavy atom. The number of allylic oxidation sites excluding steroid dienone is 2. The van der Waals surface area contributed by atoms with Crippen LogP contribution in [-0.4, -0.2) is 54.6 Å². The lowest BCUT2D eigenvalue weighted by atomic mass is 9.95. The van der Waals surface area contributed by atoms with Crippen LogP contribution < -0.4 is 16.4 Å². The fourth-order valence-corrected chi connectivity index (χ4v) is 5.47. The number of hydrogen-bond donors (Lipinski definition) is 3. The number of alkyl halides is 3. The number of rotatable bonds is 4. The van der Waals surface area contributed by atoms with Crippen LogP contribution in [0.5, 0.6) is 0 Å². The normalized spacial score (nSPS) is 24.6. The van der Waals surface area contributed by atoms with Crippen molar-refractivity contribution in [3.8, 4) is 6.07 Å². The fourth-order valence-electron chi connectivity index (χ4n) is 4.17. The van der Waals surface area contributed by atoms with Crippen LogP contribution in [0.2, 0.25) is 0 Å². The highest BCUT2D eigenvalue weighted by Crippen LogP contribution is 2.44. The van der Waals surface area contributed by atoms with Crippen LogP contribution in [0.25, 0.3) is 0 Å². The minimum atomic E-state index is -4.41. The number of likely N-dealkylation sites (tertiary alicyclic amines) is 1. The van der Waals surface area contributed by atoms with Gasteiger partial charge in [-0.15, -0.1) is 11.8 Å². The Labute approximate surface area is 178 Å². The maximum Gasteiger partial charge on any atom is 0.416 e. The van der Waals surface area contributed by atoms with Gasteiger partial charge in [0.2, 0.25) is 0 Å². The van der Waals surface area contributed by atoms with Gasteiger partial charge in [-0.1, -0.05) is 6.08 Å². The first-order valence-corrected chi connectivity index (χ1v) is 10.9. The van der Waals surface area contributed by atoms with Crippen LogP contribution in [0.3, 0.4) is 0 Å². The predicted octanol–water partition coefficient (Wildman–Crippen LogP) is 3.21. The maximum absolute atomic E-state index is 13.6. The average Bonchev–Trinajstić information content (AvgIpc) is 2.72. The van der Waals surface area contributed by atoms with Gasteiger partial charge in [-0.25, -0.2) is 0 Å². The molecule has 2 heterocycles. The maximum atomic E-state index is 13.6. The Morgan fingerprint density at radius 1 is 1.30 bits per heavy atom. The lowest BCUT2D eigenvalue weighted by Gasteiger charge is -2.40. The van der Waals surface area contributed by atoms with E-state index in [9.17, 15) is 13.2 Å². The largest absolute Gasteiger partial charge is 0.416 e. The molecule has 1 aliphatic carbocycles. The van der Waals surface area contributed by atoms with Gasteiger partial charge in [0.1, 0.15) is 0 Å². The highest BCUT2D eigenvalue weighted by Gasteiger charge is 2.41. The highest BCUT2D eigenvalue weighted by atomic mass is 32.2. The molecule has 9 heteroatoms. The summed E-state index contributed by atoms with van der Waals surface area (Å²) in [5.41, 5.74) is 6.91. The molecule has 1 aromatic rings. The highest BCUT2D eigenvalue weighted by molar-refractivity contribution is 8.00. The number of hydrogen-bond acceptors (Lipinski definition) is 6. The second-order valence-electron chi connectivity index (χ2n) is 7.80. The van der Waals surface area contributed by atoms with Crippen molar-refractivity contribution in [2.45, 2.75) is 41.2 Å². The Kier molecular flexibility index (Phi) is 6.00. The van der Waals surface area contributed by atoms with Crippen LogP contribution in [0.1, 0.15) is 18.4 Å². The third-order valence-corrected chi connectivity index (χ3v) is 7.01. The molecule has 0 saturated carbocycles. The van der Waals surface area contributed by atoms with E-state index in [0.717, 1.165) is 43.1 Å². The van der Waals surface area contributed by atoms with Gasteiger partial charge in [0.15, 0.2) is 0 Å². The molecule has 0 amide bonds. The van der Waals surface area contributed by atoms with Gasteiger partial charge < -0.3 is 21.3 Å². The molecule has 2 aliphatic heterocycles. The number of nitrogens with one attached hydrogen (secondary N) is 2. The second-order valence-corrected chi connectivity index (χ2v) is 9.02. The van der Waals surface area contributed by atoms with Crippen molar-refractivity contribution in [2.24, 2.45) is 5.73 Å². The number of fused-ring (bicyclic) bond motifs is 2. The lowest BCUT2D eigenvalue weighted by Crippen LogP contribution is -2.49. The van der Waals surface area contributed by atoms with E-state index in [4.69, 9.17) is 11.0 Å². The first kappa shape index (κ1) is 21.1. The lowest BCUT2D eigenvalue weighted by molar-refractivity contribution is -0.0887. The van der Waals surface area contributed by atoms with Gasteiger partial charge in [-0.3, -0.25) is 0 Å². The molecule has 160 valence electrons. The minimum Gasteiger partial charge on any atom is -0.384 e. The van der Waals surface area contributed by atoms with Crippen molar-refractivity contribution in [1.82, 2.24) is 10.2 Å². The van der Waals surface area contributed by atoms with E-state index in [-0.39, 0.29) is 12.1 Å². The molecule has 0 radical (unpaired) electrons. The Hall–Kier alpha value is -2.15. The molecule has 0 bridgehead atoms. The Bertz CT molecular complexity index is 897. The number of nitrogens with zero attached hydrogens (tertiary/aromatic N) is 2. The summed E-state index contributed by atoms with van der Waals surface area (Å²) in [5.74, 6) is 0. The number of halogens is 3. The zero-order chi connectivity index (χ0) is 21.3. The second kappa shape index (κ2) is 8.53. The number of thioether (sulfide) groups is 1. The van der Waals surface area contributed by atoms with Crippen molar-refractivity contribution in [3.63, 3.8) is 0 Å². The number of piperidine rings is 1. The molecule has 0 spiro atoms. The van der Waals surface area contributed by atoms with Crippen LogP contribution in [0, 0.1) is 11.3 Å². The van der Waals surface area contributed by atoms with E-state index in [1.165, 1.54) is 23.9 Å². The Balaban J connectivity index is 1.56. The van der Waals surface area contributed by atoms with E-state index in [2.05, 4.69) is 21.6 Å². The van der Waals surface area contributed by atoms with Crippen molar-refractivity contribution < 1.29 is 13.2 Å². The zero-order valence-corrected chi connectivity index (χ0v) is 17.2. The van der Waals surface area contributed by atoms with Crippen molar-refractivity contribution in [3.05, 3.63) is 47.2 Å². The van der Waals surface area contributed by atoms with Crippen LogP contribution >= 0.6 is 11.8 Å². The fraction of sp³-hybridized carbons (Fsp3) is 0.476. The molecule has 2 atom stereocenters. The topological polar surface area (TPSA) is 77.1 Å². The van der Waals surface area contributed by atoms with Crippen molar-refractivity contribution in [2.75, 3.05) is 31.5 Å². The van der Waals surface area contributed by atoms with Crippen molar-refractivity contribution in [1.29, 1.82) is 5.26 Å². The van der Waals surface area contributed by atoms with Crippen LogP contribution in [0.4, 0.5) is 18.9 Å². The summed E-state index contributed by atoms with van der Waals surface area (Å²) in [6.07, 6.45) is -0.128. The monoisotopic (exact) mass is 435 g/mol. The van der Waals surface area contributed by atoms with Gasteiger partial charge in [-0.2, -0.15) is 18.4 Å². The van der Waals surface area contributed by atoms with E-state index in [0.29, 0.717) is 17.8 Å². The van der Waals surface area contributed by atoms with Crippen LogP contribution in [-0.2, 0) is 0 Å². The summed E-state index contributed by atoms with van der Waals surface area (Å²) in [7, 11) is 0. The van der Waals surface area contributed by atoms with E-state index < -0.39 is 17.0 Å². The quantitative estimate of drug-likeness (QED) is 0.674. The summed E-state index contributed by atoms with van der Waals surface area (Å²) in [5, 5.41) is 15.5. The zero-order valence-electron chi connectivity index (χ0n) is 16.4. The van der Waals surface area contributed by atoms with E-state index in [1.807, 2.05) is 6.07 Å². The molecule has 0 aromatic heterocycles. The first-order chi connectivity index (χ1) is 14.4. The van der Waals surface area contributed by atoms with E-state index >= 15 is 0 Å². The van der Waals surface area contributed by atoms with Gasteiger partial charge >= 0.3 is 6.18 Å². The molecular weight excluding hydrogens is 411 g/mol. The molecule has 3 aliphatic rings. The molecule has 4 N–H and O–H groups in total. The molecule has 1 fully saturated rings. The third kappa shape index (κ3) is 4.46. The standard InChI is InChI=1S/C21H24F3N5S/c22-21(23,24)14-10-17(27-15-3-6-29(7-4-15)8-5-25)20-19(11-14)30-18-9-13(12-26)1-2-16(18)28-20/h1-2,9-11,15,19-20,27-28H,3-8,25H2. The SMILES string of the molecule is N#Cc1ccc2c(c1)SC1C=C(C(F)(F)F)C=C(NC3CCN(CCN)CC3)C1N2. The number of anilines is 1. The molecule has 4 rings (SSSR count). The van der Waals surface area contributed by atoms with Gasteiger partial charge in [0, 0.05) is 48.5 Å². The smallest absolute Gasteiger partial charge is 0.384 e. The van der Waals surface area contributed by atoms with Gasteiger partial charge in [0.25, 0.3) is 0 Å². The average molecular weight is 436 g/mol. The van der Waals surface area contributed by atoms with Gasteiger partial charge in [-0.05, 0) is 37.1 Å². The predicted molar refractivity (Wildman–Crippen MR) is 112 cm³/mol. The summed E-state index contributed by atoms with van der Waals surface area (Å²) in [6.45, 7) is 3.24. The Morgan fingerprint density at radius 3 is 2.73 bits per heavy atom. The number of nitrogens with two attached hydrogens (primary N) is 1. The summed E-state index contributed by atoms with van der Waals surface area (Å²) < 4.78 is 40.7. The number of nitriles is 1. The summed E-state index contributed by atoms with van der Waals surface area (Å²) in [6, 6.07) is 7.21. The molecule has 1 aromatic carbocycles. The first-order valence-electron chi connectivity index (χ1n) is 10.0. The summed E-state index contributed by atoms with van der Waals surface area (Å²) in [4.78, 5) is 3.08. The van der Waals surface area contributed by atoms with Gasteiger partial charge in [0.05, 0.1) is 28.5 Å². The molecule has 2 unspecified atom stereocenters. The molecular formula is C21H24F3N5S. The molecule has 30 heavy (non-hydrogen) atoms. The molecule has 5 nitrogen and oxygen atoms in total. The number of benzene rings is 1. The molecule has 1 saturated heterocycles. The third-order valence-electron chi connectivity index (χ3n) is 5.73. The summed E-state index contributed by atoms with van der Waals surface area (Å²) >= 11 is 1.37. The van der Waals surface area contributed by atoms with Crippen LogP contribution in [0.15, 0.2) is 46.5 Å². The van der Waals surface area contributed by atoms with E-state index in [1.54, 1.807) is 12.1 Å². The minimum absolute atomic E-state index is 0.132.